The molecule has 0 saturated carbocycles. The second-order valence-corrected chi connectivity index (χ2v) is 3.71. The van der Waals surface area contributed by atoms with Gasteiger partial charge in [0.1, 0.15) is 5.88 Å². The number of nitriles is 1. The topological polar surface area (TPSA) is 114 Å². The van der Waals surface area contributed by atoms with Gasteiger partial charge in [-0.15, -0.1) is 16.8 Å². The summed E-state index contributed by atoms with van der Waals surface area (Å²) in [5.74, 6) is -0.924. The van der Waals surface area contributed by atoms with E-state index in [0.717, 1.165) is 7.05 Å². The highest BCUT2D eigenvalue weighted by molar-refractivity contribution is 6.28. The van der Waals surface area contributed by atoms with Gasteiger partial charge in [0.2, 0.25) is 5.91 Å². The molecule has 0 aromatic heterocycles. The van der Waals surface area contributed by atoms with Crippen molar-refractivity contribution >= 4 is 29.8 Å². The van der Waals surface area contributed by atoms with E-state index in [4.69, 9.17) is 27.2 Å². The standard InChI is InChI=1S/C5H8N2O.C4H6ClNO3/c1-5(2,3-6)4-7-8;1-6(4(8)9)3(7)2-5/h4,8H,1-2H3;2H2,1H3,(H,8,9). The van der Waals surface area contributed by atoms with E-state index in [1.54, 1.807) is 13.8 Å². The number of oxime groups is 1. The van der Waals surface area contributed by atoms with Crippen LogP contribution >= 0.6 is 11.6 Å². The predicted molar refractivity (Wildman–Crippen MR) is 61.2 cm³/mol. The molecule has 0 aliphatic rings. The van der Waals surface area contributed by atoms with Crippen molar-refractivity contribution in [3.63, 3.8) is 0 Å². The summed E-state index contributed by atoms with van der Waals surface area (Å²) in [5, 5.41) is 27.1. The number of carbonyl (C=O) groups is 2. The Bertz CT molecular complexity index is 336. The molecule has 0 bridgehead atoms. The molecule has 0 aliphatic heterocycles. The molecule has 2 amide bonds. The minimum atomic E-state index is -1.29. The highest BCUT2D eigenvalue weighted by atomic mass is 35.5. The minimum absolute atomic E-state index is 0.303. The van der Waals surface area contributed by atoms with E-state index in [9.17, 15) is 9.59 Å². The molecule has 96 valence electrons. The third kappa shape index (κ3) is 9.14. The number of rotatable bonds is 2. The quantitative estimate of drug-likeness (QED) is 0.338. The molecular weight excluding hydrogens is 250 g/mol. The highest BCUT2D eigenvalue weighted by Gasteiger charge is 2.12. The van der Waals surface area contributed by atoms with Gasteiger partial charge in [0.05, 0.1) is 17.7 Å². The van der Waals surface area contributed by atoms with Gasteiger partial charge in [0, 0.05) is 7.05 Å². The Morgan fingerprint density at radius 3 is 2.18 bits per heavy atom. The lowest BCUT2D eigenvalue weighted by Gasteiger charge is -2.06. The summed E-state index contributed by atoms with van der Waals surface area (Å²) in [4.78, 5) is 20.8. The average molecular weight is 264 g/mol. The first-order valence-corrected chi connectivity index (χ1v) is 4.90. The molecule has 0 saturated heterocycles. The molecule has 0 atom stereocenters. The molecule has 0 aromatic carbocycles. The number of carbonyl (C=O) groups excluding carboxylic acids is 1. The third-order valence-corrected chi connectivity index (χ3v) is 1.67. The van der Waals surface area contributed by atoms with Gasteiger partial charge in [-0.25, -0.2) is 9.69 Å². The van der Waals surface area contributed by atoms with Crippen LogP contribution in [0.3, 0.4) is 0 Å². The zero-order valence-electron chi connectivity index (χ0n) is 9.71. The van der Waals surface area contributed by atoms with Gasteiger partial charge in [0.15, 0.2) is 0 Å². The number of halogens is 1. The van der Waals surface area contributed by atoms with Crippen molar-refractivity contribution in [1.82, 2.24) is 4.90 Å². The molecule has 0 spiro atoms. The maximum atomic E-state index is 10.4. The number of hydrogen-bond acceptors (Lipinski definition) is 5. The third-order valence-electron chi connectivity index (χ3n) is 1.44. The van der Waals surface area contributed by atoms with Crippen molar-refractivity contribution in [2.24, 2.45) is 10.6 Å². The van der Waals surface area contributed by atoms with Crippen molar-refractivity contribution < 1.29 is 19.9 Å². The van der Waals surface area contributed by atoms with Gasteiger partial charge in [-0.1, -0.05) is 0 Å². The van der Waals surface area contributed by atoms with Crippen LogP contribution in [0.4, 0.5) is 4.79 Å². The normalized spacial score (nSPS) is 10.1. The largest absolute Gasteiger partial charge is 0.465 e. The molecule has 0 heterocycles. The number of imide groups is 1. The Kier molecular flexibility index (Phi) is 8.64. The van der Waals surface area contributed by atoms with Crippen LogP contribution in [0, 0.1) is 16.7 Å². The van der Waals surface area contributed by atoms with Crippen LogP contribution < -0.4 is 0 Å². The van der Waals surface area contributed by atoms with Gasteiger partial charge in [-0.05, 0) is 13.8 Å². The van der Waals surface area contributed by atoms with Crippen molar-refractivity contribution in [2.75, 3.05) is 12.9 Å². The Morgan fingerprint density at radius 1 is 1.59 bits per heavy atom. The molecule has 0 aliphatic carbocycles. The van der Waals surface area contributed by atoms with Crippen molar-refractivity contribution in [2.45, 2.75) is 13.8 Å². The lowest BCUT2D eigenvalue weighted by Crippen LogP contribution is -2.32. The maximum Gasteiger partial charge on any atom is 0.413 e. The molecule has 7 nitrogen and oxygen atoms in total. The van der Waals surface area contributed by atoms with Gasteiger partial charge in [-0.3, -0.25) is 4.79 Å². The number of carboxylic acid groups (broad SMARTS) is 1. The fourth-order valence-corrected chi connectivity index (χ4v) is 0.549. The van der Waals surface area contributed by atoms with Gasteiger partial charge >= 0.3 is 6.09 Å². The van der Waals surface area contributed by atoms with Crippen LogP contribution in [0.15, 0.2) is 5.16 Å². The molecule has 17 heavy (non-hydrogen) atoms. The van der Waals surface area contributed by atoms with E-state index in [1.807, 2.05) is 6.07 Å². The molecule has 0 rings (SSSR count). The monoisotopic (exact) mass is 263 g/mol. The zero-order valence-corrected chi connectivity index (χ0v) is 10.5. The van der Waals surface area contributed by atoms with Crippen molar-refractivity contribution in [3.8, 4) is 6.07 Å². The van der Waals surface area contributed by atoms with Crippen LogP contribution in [0.2, 0.25) is 0 Å². The Labute approximate surface area is 104 Å². The molecule has 0 fully saturated rings. The first-order chi connectivity index (χ1) is 7.71. The molecule has 0 aromatic rings. The second kappa shape index (κ2) is 8.35. The molecular formula is C9H14ClN3O4. The van der Waals surface area contributed by atoms with Crippen LogP contribution in [0.1, 0.15) is 13.8 Å². The summed E-state index contributed by atoms with van der Waals surface area (Å²) in [7, 11) is 1.15. The molecule has 0 radical (unpaired) electrons. The minimum Gasteiger partial charge on any atom is -0.465 e. The summed E-state index contributed by atoms with van der Waals surface area (Å²) in [5.41, 5.74) is -0.644. The predicted octanol–water partition coefficient (Wildman–Crippen LogP) is 1.36. The van der Waals surface area contributed by atoms with E-state index in [-0.39, 0.29) is 5.88 Å². The number of amides is 2. The fraction of sp³-hybridized carbons (Fsp3) is 0.556. The number of hydrogen-bond donors (Lipinski definition) is 2. The number of alkyl halides is 1. The van der Waals surface area contributed by atoms with E-state index >= 15 is 0 Å². The zero-order chi connectivity index (χ0) is 14.1. The first-order valence-electron chi connectivity index (χ1n) is 4.37. The first kappa shape index (κ1) is 17.6. The van der Waals surface area contributed by atoms with E-state index < -0.39 is 17.4 Å². The average Bonchev–Trinajstić information content (AvgIpc) is 2.27. The Hall–Kier alpha value is -1.81. The highest BCUT2D eigenvalue weighted by Crippen LogP contribution is 2.07. The van der Waals surface area contributed by atoms with E-state index in [0.29, 0.717) is 4.90 Å². The molecule has 8 heteroatoms. The van der Waals surface area contributed by atoms with Gasteiger partial charge in [-0.2, -0.15) is 5.26 Å². The number of nitrogens with zero attached hydrogens (tertiary/aromatic N) is 3. The maximum absolute atomic E-state index is 10.4. The smallest absolute Gasteiger partial charge is 0.413 e. The van der Waals surface area contributed by atoms with E-state index in [2.05, 4.69) is 5.16 Å². The lowest BCUT2D eigenvalue weighted by molar-refractivity contribution is -0.125. The van der Waals surface area contributed by atoms with Crippen LogP contribution in [-0.4, -0.2) is 46.4 Å². The SMILES string of the molecule is CC(C)(C#N)C=NO.CN(C(=O)O)C(=O)CCl. The summed E-state index contributed by atoms with van der Waals surface area (Å²) >= 11 is 5.04. The summed E-state index contributed by atoms with van der Waals surface area (Å²) < 4.78 is 0. The van der Waals surface area contributed by atoms with Crippen LogP contribution in [-0.2, 0) is 4.79 Å². The summed E-state index contributed by atoms with van der Waals surface area (Å²) in [6.45, 7) is 3.32. The van der Waals surface area contributed by atoms with Crippen LogP contribution in [0.25, 0.3) is 0 Å². The Morgan fingerprint density at radius 2 is 2.06 bits per heavy atom. The van der Waals surface area contributed by atoms with Crippen LogP contribution in [0.5, 0.6) is 0 Å². The van der Waals surface area contributed by atoms with Gasteiger partial charge in [0.25, 0.3) is 0 Å². The molecule has 2 N–H and O–H groups in total. The van der Waals surface area contributed by atoms with Gasteiger partial charge < -0.3 is 10.3 Å². The van der Waals surface area contributed by atoms with Crippen molar-refractivity contribution in [3.05, 3.63) is 0 Å². The second-order valence-electron chi connectivity index (χ2n) is 3.45. The fourth-order valence-electron chi connectivity index (χ4n) is 0.370. The lowest BCUT2D eigenvalue weighted by atomic mass is 9.98. The summed E-state index contributed by atoms with van der Waals surface area (Å²) in [6.07, 6.45) is -0.104. The molecule has 0 unspecified atom stereocenters. The van der Waals surface area contributed by atoms with Crippen molar-refractivity contribution in [1.29, 1.82) is 5.26 Å². The summed E-state index contributed by atoms with van der Waals surface area (Å²) in [6, 6.07) is 1.93. The van der Waals surface area contributed by atoms with E-state index in [1.165, 1.54) is 6.21 Å². The Balaban J connectivity index is 0.